The van der Waals surface area contributed by atoms with Gasteiger partial charge in [-0.25, -0.2) is 9.80 Å². The summed E-state index contributed by atoms with van der Waals surface area (Å²) in [4.78, 5) is 12.6. The maximum atomic E-state index is 12.6. The summed E-state index contributed by atoms with van der Waals surface area (Å²) in [6.07, 6.45) is 0.606. The molecule has 0 saturated carbocycles. The Morgan fingerprint density at radius 2 is 1.62 bits per heavy atom. The molecule has 4 rings (SSSR count). The van der Waals surface area contributed by atoms with E-state index in [-0.39, 0.29) is 12.1 Å². The van der Waals surface area contributed by atoms with E-state index < -0.39 is 0 Å². The van der Waals surface area contributed by atoms with Gasteiger partial charge in [0.1, 0.15) is 0 Å². The van der Waals surface area contributed by atoms with Gasteiger partial charge < -0.3 is 14.8 Å². The minimum atomic E-state index is -0.277. The molecule has 1 heterocycles. The van der Waals surface area contributed by atoms with Crippen molar-refractivity contribution in [1.29, 1.82) is 0 Å². The summed E-state index contributed by atoms with van der Waals surface area (Å²) >= 11 is 12.5. The smallest absolute Gasteiger partial charge is 0.337 e. The molecule has 0 saturated heterocycles. The van der Waals surface area contributed by atoms with Crippen LogP contribution in [0.5, 0.6) is 11.5 Å². The molecule has 6 nitrogen and oxygen atoms in total. The molecule has 34 heavy (non-hydrogen) atoms. The van der Waals surface area contributed by atoms with Crippen molar-refractivity contribution in [2.75, 3.05) is 21.3 Å². The van der Waals surface area contributed by atoms with E-state index in [0.29, 0.717) is 33.7 Å². The summed E-state index contributed by atoms with van der Waals surface area (Å²) in [5, 5.41) is 10.1. The molecule has 0 aliphatic carbocycles. The first-order valence-corrected chi connectivity index (χ1v) is 11.5. The van der Waals surface area contributed by atoms with E-state index >= 15 is 0 Å². The normalized spacial score (nSPS) is 15.2. The van der Waals surface area contributed by atoms with Gasteiger partial charge >= 0.3 is 6.03 Å². The zero-order chi connectivity index (χ0) is 24.4. The zero-order valence-electron chi connectivity index (χ0n) is 19.4. The van der Waals surface area contributed by atoms with Gasteiger partial charge in [-0.1, -0.05) is 53.5 Å². The number of methoxy groups -OCH3 is 2. The number of hydrazone groups is 1. The van der Waals surface area contributed by atoms with Crippen molar-refractivity contribution in [3.05, 3.63) is 81.3 Å². The molecular weight excluding hydrogens is 473 g/mol. The third-order valence-electron chi connectivity index (χ3n) is 5.83. The van der Waals surface area contributed by atoms with Crippen molar-refractivity contribution >= 4 is 34.9 Å². The maximum Gasteiger partial charge on any atom is 0.337 e. The van der Waals surface area contributed by atoms with Gasteiger partial charge in [0, 0.05) is 33.8 Å². The topological polar surface area (TPSA) is 63.2 Å². The standard InChI is InChI=1S/C26H25Cl2N3O3/c1-15-11-18-12-23(33-3)24(34-4)14-21(18)25(30-31(15)26(32)29-2)17-7-5-16(6-8-17)20-10-9-19(27)13-22(20)28/h5-10,12-15H,11H2,1-4H3,(H,29,32). The molecule has 1 aliphatic heterocycles. The Kier molecular flexibility index (Phi) is 7.00. The molecule has 1 atom stereocenters. The number of rotatable bonds is 4. The Morgan fingerprint density at radius 3 is 2.24 bits per heavy atom. The van der Waals surface area contributed by atoms with E-state index in [2.05, 4.69) is 5.32 Å². The molecule has 0 aromatic heterocycles. The molecule has 1 N–H and O–H groups in total. The highest BCUT2D eigenvalue weighted by atomic mass is 35.5. The molecule has 0 spiro atoms. The molecule has 2 amide bonds. The first kappa shape index (κ1) is 23.9. The highest BCUT2D eigenvalue weighted by Crippen LogP contribution is 2.35. The monoisotopic (exact) mass is 497 g/mol. The van der Waals surface area contributed by atoms with Crippen molar-refractivity contribution in [1.82, 2.24) is 10.3 Å². The van der Waals surface area contributed by atoms with Gasteiger partial charge in [-0.3, -0.25) is 0 Å². The third-order valence-corrected chi connectivity index (χ3v) is 6.38. The summed E-state index contributed by atoms with van der Waals surface area (Å²) in [5.41, 5.74) is 5.24. The first-order valence-electron chi connectivity index (χ1n) is 10.8. The van der Waals surface area contributed by atoms with Crippen LogP contribution in [0.15, 0.2) is 59.7 Å². The molecule has 8 heteroatoms. The fourth-order valence-electron chi connectivity index (χ4n) is 4.08. The van der Waals surface area contributed by atoms with Gasteiger partial charge in [-0.05, 0) is 48.7 Å². The lowest BCUT2D eigenvalue weighted by Crippen LogP contribution is -2.41. The minimum Gasteiger partial charge on any atom is -0.493 e. The zero-order valence-corrected chi connectivity index (χ0v) is 20.9. The van der Waals surface area contributed by atoms with E-state index in [1.165, 1.54) is 5.01 Å². The Labute approximate surface area is 209 Å². The van der Waals surface area contributed by atoms with E-state index in [1.807, 2.05) is 55.5 Å². The second-order valence-corrected chi connectivity index (χ2v) is 8.81. The number of halogens is 2. The molecule has 1 unspecified atom stereocenters. The molecule has 3 aromatic rings. The van der Waals surface area contributed by atoms with Crippen LogP contribution in [-0.2, 0) is 6.42 Å². The van der Waals surface area contributed by atoms with E-state index in [0.717, 1.165) is 27.8 Å². The first-order chi connectivity index (χ1) is 16.4. The molecular formula is C26H25Cl2N3O3. The number of ether oxygens (including phenoxy) is 2. The highest BCUT2D eigenvalue weighted by Gasteiger charge is 2.28. The van der Waals surface area contributed by atoms with Crippen molar-refractivity contribution in [3.8, 4) is 22.6 Å². The molecule has 0 fully saturated rings. The third kappa shape index (κ3) is 4.56. The predicted molar refractivity (Wildman–Crippen MR) is 137 cm³/mol. The fraction of sp³-hybridized carbons (Fsp3) is 0.231. The lowest BCUT2D eigenvalue weighted by atomic mass is 9.93. The summed E-state index contributed by atoms with van der Waals surface area (Å²) in [7, 11) is 4.80. The van der Waals surface area contributed by atoms with E-state index in [1.54, 1.807) is 27.3 Å². The lowest BCUT2D eigenvalue weighted by molar-refractivity contribution is 0.184. The summed E-state index contributed by atoms with van der Waals surface area (Å²) in [6, 6.07) is 16.7. The summed E-state index contributed by atoms with van der Waals surface area (Å²) < 4.78 is 11.1. The quantitative estimate of drug-likeness (QED) is 0.479. The molecule has 3 aromatic carbocycles. The van der Waals surface area contributed by atoms with Crippen LogP contribution < -0.4 is 14.8 Å². The number of hydrogen-bond acceptors (Lipinski definition) is 4. The van der Waals surface area contributed by atoms with Crippen LogP contribution in [0.2, 0.25) is 10.0 Å². The van der Waals surface area contributed by atoms with Gasteiger partial charge in [-0.15, -0.1) is 0 Å². The van der Waals surface area contributed by atoms with Gasteiger partial charge in [0.2, 0.25) is 0 Å². The Morgan fingerprint density at radius 1 is 0.971 bits per heavy atom. The van der Waals surface area contributed by atoms with Crippen molar-refractivity contribution in [3.63, 3.8) is 0 Å². The lowest BCUT2D eigenvalue weighted by Gasteiger charge is -2.22. The summed E-state index contributed by atoms with van der Waals surface area (Å²) in [6.45, 7) is 1.97. The van der Waals surface area contributed by atoms with Crippen molar-refractivity contribution in [2.45, 2.75) is 19.4 Å². The van der Waals surface area contributed by atoms with Crippen LogP contribution in [-0.4, -0.2) is 44.1 Å². The number of benzene rings is 3. The number of urea groups is 1. The van der Waals surface area contributed by atoms with Crippen LogP contribution in [0.4, 0.5) is 4.79 Å². The second kappa shape index (κ2) is 9.95. The van der Waals surface area contributed by atoms with Crippen LogP contribution in [0.3, 0.4) is 0 Å². The van der Waals surface area contributed by atoms with E-state index in [9.17, 15) is 4.79 Å². The van der Waals surface area contributed by atoms with Gasteiger partial charge in [0.25, 0.3) is 0 Å². The van der Waals surface area contributed by atoms with Crippen LogP contribution >= 0.6 is 23.2 Å². The van der Waals surface area contributed by atoms with Crippen molar-refractivity contribution < 1.29 is 14.3 Å². The number of amides is 2. The van der Waals surface area contributed by atoms with Crippen LogP contribution in [0.25, 0.3) is 11.1 Å². The SMILES string of the molecule is CNC(=O)N1N=C(c2ccc(-c3ccc(Cl)cc3Cl)cc2)c2cc(OC)c(OC)cc2CC1C. The fourth-order valence-corrected chi connectivity index (χ4v) is 4.60. The van der Waals surface area contributed by atoms with E-state index in [4.69, 9.17) is 37.8 Å². The van der Waals surface area contributed by atoms with Crippen LogP contribution in [0, 0.1) is 0 Å². The van der Waals surface area contributed by atoms with Gasteiger partial charge in [-0.2, -0.15) is 5.10 Å². The largest absolute Gasteiger partial charge is 0.493 e. The maximum absolute atomic E-state index is 12.6. The highest BCUT2D eigenvalue weighted by molar-refractivity contribution is 6.36. The summed E-state index contributed by atoms with van der Waals surface area (Å²) in [5.74, 6) is 1.23. The van der Waals surface area contributed by atoms with Gasteiger partial charge in [0.05, 0.1) is 26.0 Å². The number of fused-ring (bicyclic) bond motifs is 1. The number of nitrogens with zero attached hydrogens (tertiary/aromatic N) is 2. The van der Waals surface area contributed by atoms with Crippen molar-refractivity contribution in [2.24, 2.45) is 5.10 Å². The van der Waals surface area contributed by atoms with Crippen LogP contribution in [0.1, 0.15) is 23.6 Å². The Bertz CT molecular complexity index is 1260. The molecule has 0 bridgehead atoms. The minimum absolute atomic E-state index is 0.165. The number of carbonyl (C=O) groups excluding carboxylic acids is 1. The number of hydrogen-bond donors (Lipinski definition) is 1. The Balaban J connectivity index is 1.85. The average molecular weight is 498 g/mol. The Hall–Kier alpha value is -3.22. The molecule has 1 aliphatic rings. The second-order valence-electron chi connectivity index (χ2n) is 7.97. The average Bonchev–Trinajstić information content (AvgIpc) is 2.98. The number of nitrogens with one attached hydrogen (secondary N) is 1. The predicted octanol–water partition coefficient (Wildman–Crippen LogP) is 6.02. The van der Waals surface area contributed by atoms with Gasteiger partial charge in [0.15, 0.2) is 11.5 Å². The molecule has 176 valence electrons. The molecule has 0 radical (unpaired) electrons. The number of carbonyl (C=O) groups is 1.